The average molecular weight is 367 g/mol. The lowest BCUT2D eigenvalue weighted by Crippen LogP contribution is -2.26. The highest BCUT2D eigenvalue weighted by Gasteiger charge is 2.13. The summed E-state index contributed by atoms with van der Waals surface area (Å²) >= 11 is 0. The molecule has 3 nitrogen and oxygen atoms in total. The van der Waals surface area contributed by atoms with Crippen LogP contribution in [0.2, 0.25) is 0 Å². The first kappa shape index (κ1) is 17.8. The van der Waals surface area contributed by atoms with E-state index >= 15 is 0 Å². The monoisotopic (exact) mass is 367 g/mol. The van der Waals surface area contributed by atoms with Gasteiger partial charge in [0.15, 0.2) is 0 Å². The summed E-state index contributed by atoms with van der Waals surface area (Å²) in [4.78, 5) is 12.7. The minimum atomic E-state index is -0.126. The van der Waals surface area contributed by atoms with Gasteiger partial charge in [-0.15, -0.1) is 0 Å². The van der Waals surface area contributed by atoms with E-state index in [0.717, 1.165) is 11.3 Å². The Morgan fingerprint density at radius 1 is 0.750 bits per heavy atom. The van der Waals surface area contributed by atoms with Crippen LogP contribution in [0, 0.1) is 0 Å². The maximum absolute atomic E-state index is 12.7. The van der Waals surface area contributed by atoms with Crippen LogP contribution < -0.4 is 10.1 Å². The van der Waals surface area contributed by atoms with Gasteiger partial charge in [0.05, 0.1) is 6.04 Å². The van der Waals surface area contributed by atoms with Gasteiger partial charge < -0.3 is 10.1 Å². The van der Waals surface area contributed by atoms with E-state index in [4.69, 9.17) is 4.74 Å². The lowest BCUT2D eigenvalue weighted by molar-refractivity contribution is 0.0939. The molecule has 28 heavy (non-hydrogen) atoms. The van der Waals surface area contributed by atoms with Crippen LogP contribution in [0.15, 0.2) is 97.1 Å². The lowest BCUT2D eigenvalue weighted by Gasteiger charge is -2.15. The molecular formula is C25H21NO2. The van der Waals surface area contributed by atoms with Crippen LogP contribution in [0.4, 0.5) is 0 Å². The molecule has 0 bridgehead atoms. The van der Waals surface area contributed by atoms with Gasteiger partial charge in [-0.2, -0.15) is 0 Å². The van der Waals surface area contributed by atoms with Gasteiger partial charge in [0.1, 0.15) is 11.5 Å². The number of benzene rings is 4. The highest BCUT2D eigenvalue weighted by molar-refractivity contribution is 5.95. The fourth-order valence-corrected chi connectivity index (χ4v) is 3.17. The summed E-state index contributed by atoms with van der Waals surface area (Å²) in [5, 5.41) is 5.43. The maximum Gasteiger partial charge on any atom is 0.251 e. The predicted molar refractivity (Wildman–Crippen MR) is 113 cm³/mol. The fraction of sp³-hybridized carbons (Fsp3) is 0.0800. The maximum atomic E-state index is 12.7. The zero-order valence-corrected chi connectivity index (χ0v) is 15.6. The second kappa shape index (κ2) is 7.97. The van der Waals surface area contributed by atoms with Crippen molar-refractivity contribution in [2.45, 2.75) is 13.0 Å². The molecule has 0 saturated heterocycles. The standard InChI is InChI=1S/C25H21NO2/c1-18(20-15-14-19-8-5-6-9-21(19)16-20)26-25(27)22-10-7-13-24(17-22)28-23-11-3-2-4-12-23/h2-18H,1H3,(H,26,27)/t18-/m1/s1. The SMILES string of the molecule is C[C@@H](NC(=O)c1cccc(Oc2ccccc2)c1)c1ccc2ccccc2c1. The van der Waals surface area contributed by atoms with Crippen molar-refractivity contribution in [3.05, 3.63) is 108 Å². The number of para-hydroxylation sites is 1. The molecule has 4 rings (SSSR count). The van der Waals surface area contributed by atoms with E-state index in [1.54, 1.807) is 12.1 Å². The van der Waals surface area contributed by atoms with Crippen LogP contribution in [-0.4, -0.2) is 5.91 Å². The van der Waals surface area contributed by atoms with Crippen molar-refractivity contribution in [3.63, 3.8) is 0 Å². The third kappa shape index (κ3) is 4.04. The van der Waals surface area contributed by atoms with Gasteiger partial charge in [-0.25, -0.2) is 0 Å². The zero-order valence-electron chi connectivity index (χ0n) is 15.6. The predicted octanol–water partition coefficient (Wildman–Crippen LogP) is 6.12. The van der Waals surface area contributed by atoms with Crippen molar-refractivity contribution in [1.82, 2.24) is 5.32 Å². The molecule has 4 aromatic rings. The number of hydrogen-bond acceptors (Lipinski definition) is 2. The third-order valence-electron chi connectivity index (χ3n) is 4.70. The van der Waals surface area contributed by atoms with Gasteiger partial charge in [-0.05, 0) is 59.7 Å². The lowest BCUT2D eigenvalue weighted by atomic mass is 10.0. The number of carbonyl (C=O) groups is 1. The molecule has 0 fully saturated rings. The molecule has 4 aromatic carbocycles. The number of hydrogen-bond donors (Lipinski definition) is 1. The molecule has 0 saturated carbocycles. The van der Waals surface area contributed by atoms with Crippen LogP contribution in [0.1, 0.15) is 28.9 Å². The first-order valence-electron chi connectivity index (χ1n) is 9.31. The Morgan fingerprint density at radius 3 is 2.29 bits per heavy atom. The number of carbonyl (C=O) groups excluding carboxylic acids is 1. The number of fused-ring (bicyclic) bond motifs is 1. The summed E-state index contributed by atoms with van der Waals surface area (Å²) in [6.07, 6.45) is 0. The van der Waals surface area contributed by atoms with E-state index in [1.807, 2.05) is 61.5 Å². The second-order valence-electron chi connectivity index (χ2n) is 6.74. The van der Waals surface area contributed by atoms with Gasteiger partial charge in [0, 0.05) is 5.56 Å². The molecule has 0 aromatic heterocycles. The Kier molecular flexibility index (Phi) is 5.07. The number of rotatable bonds is 5. The Balaban J connectivity index is 1.48. The summed E-state index contributed by atoms with van der Waals surface area (Å²) in [6.45, 7) is 1.99. The molecule has 1 amide bonds. The second-order valence-corrected chi connectivity index (χ2v) is 6.74. The van der Waals surface area contributed by atoms with Crippen molar-refractivity contribution >= 4 is 16.7 Å². The van der Waals surface area contributed by atoms with Crippen molar-refractivity contribution < 1.29 is 9.53 Å². The summed E-state index contributed by atoms with van der Waals surface area (Å²) in [7, 11) is 0. The normalized spacial score (nSPS) is 11.8. The average Bonchev–Trinajstić information content (AvgIpc) is 2.74. The molecule has 0 aliphatic heterocycles. The Hall–Kier alpha value is -3.59. The number of nitrogens with one attached hydrogen (secondary N) is 1. The van der Waals surface area contributed by atoms with Gasteiger partial charge in [0.2, 0.25) is 0 Å². The van der Waals surface area contributed by atoms with E-state index < -0.39 is 0 Å². The number of amides is 1. The number of ether oxygens (including phenoxy) is 1. The summed E-state index contributed by atoms with van der Waals surface area (Å²) in [5.41, 5.74) is 1.64. The minimum Gasteiger partial charge on any atom is -0.457 e. The molecule has 0 heterocycles. The fourth-order valence-electron chi connectivity index (χ4n) is 3.17. The van der Waals surface area contributed by atoms with Gasteiger partial charge in [-0.1, -0.05) is 60.7 Å². The van der Waals surface area contributed by atoms with Gasteiger partial charge in [-0.3, -0.25) is 4.79 Å². The van der Waals surface area contributed by atoms with E-state index in [1.165, 1.54) is 10.8 Å². The Bertz CT molecular complexity index is 1110. The molecular weight excluding hydrogens is 346 g/mol. The van der Waals surface area contributed by atoms with Crippen LogP contribution in [-0.2, 0) is 0 Å². The molecule has 3 heteroatoms. The molecule has 138 valence electrons. The van der Waals surface area contributed by atoms with E-state index in [2.05, 4.69) is 35.6 Å². The van der Waals surface area contributed by atoms with Gasteiger partial charge >= 0.3 is 0 Å². The van der Waals surface area contributed by atoms with E-state index in [0.29, 0.717) is 11.3 Å². The highest BCUT2D eigenvalue weighted by atomic mass is 16.5. The highest BCUT2D eigenvalue weighted by Crippen LogP contribution is 2.23. The summed E-state index contributed by atoms with van der Waals surface area (Å²) in [6, 6.07) is 31.1. The first-order valence-corrected chi connectivity index (χ1v) is 9.31. The van der Waals surface area contributed by atoms with E-state index in [9.17, 15) is 4.79 Å². The first-order chi connectivity index (χ1) is 13.7. The molecule has 1 atom stereocenters. The smallest absolute Gasteiger partial charge is 0.251 e. The van der Waals surface area contributed by atoms with Crippen LogP contribution >= 0.6 is 0 Å². The van der Waals surface area contributed by atoms with Gasteiger partial charge in [0.25, 0.3) is 5.91 Å². The molecule has 1 N–H and O–H groups in total. The topological polar surface area (TPSA) is 38.3 Å². The largest absolute Gasteiger partial charge is 0.457 e. The summed E-state index contributed by atoms with van der Waals surface area (Å²) in [5.74, 6) is 1.25. The van der Waals surface area contributed by atoms with Crippen LogP contribution in [0.25, 0.3) is 10.8 Å². The van der Waals surface area contributed by atoms with Crippen molar-refractivity contribution in [1.29, 1.82) is 0 Å². The molecule has 0 spiro atoms. The molecule has 0 aliphatic rings. The Morgan fingerprint density at radius 2 is 1.46 bits per heavy atom. The Labute approximate surface area is 164 Å². The van der Waals surface area contributed by atoms with Crippen LogP contribution in [0.5, 0.6) is 11.5 Å². The molecule has 0 aliphatic carbocycles. The van der Waals surface area contributed by atoms with Crippen LogP contribution in [0.3, 0.4) is 0 Å². The quantitative estimate of drug-likeness (QED) is 0.461. The molecule has 0 unspecified atom stereocenters. The van der Waals surface area contributed by atoms with E-state index in [-0.39, 0.29) is 11.9 Å². The summed E-state index contributed by atoms with van der Waals surface area (Å²) < 4.78 is 5.83. The van der Waals surface area contributed by atoms with Crippen molar-refractivity contribution in [2.75, 3.05) is 0 Å². The minimum absolute atomic E-state index is 0.101. The zero-order chi connectivity index (χ0) is 19.3. The molecule has 0 radical (unpaired) electrons. The van der Waals surface area contributed by atoms with Crippen molar-refractivity contribution in [3.8, 4) is 11.5 Å². The third-order valence-corrected chi connectivity index (χ3v) is 4.70. The van der Waals surface area contributed by atoms with Crippen molar-refractivity contribution in [2.24, 2.45) is 0 Å².